The molecule has 0 aliphatic rings. The van der Waals surface area contributed by atoms with Crippen LogP contribution in [0.25, 0.3) is 0 Å². The number of nitrogens with one attached hydrogen (secondary N) is 1. The van der Waals surface area contributed by atoms with Crippen LogP contribution < -0.4 is 9.62 Å². The summed E-state index contributed by atoms with van der Waals surface area (Å²) in [4.78, 5) is 2.08. The topological polar surface area (TPSA) is 69.6 Å². The van der Waals surface area contributed by atoms with E-state index in [-0.39, 0.29) is 10.8 Å². The molecule has 0 spiro atoms. The number of aliphatic hydroxyl groups excluding tert-OH is 1. The first kappa shape index (κ1) is 21.7. The summed E-state index contributed by atoms with van der Waals surface area (Å²) < 4.78 is 28.2. The molecule has 0 aliphatic carbocycles. The normalized spacial score (nSPS) is 15.2. The molecule has 0 aliphatic heterocycles. The highest BCUT2D eigenvalue weighted by atomic mass is 35.5. The zero-order valence-corrected chi connectivity index (χ0v) is 17.6. The van der Waals surface area contributed by atoms with Gasteiger partial charge in [0.2, 0.25) is 10.0 Å². The highest BCUT2D eigenvalue weighted by molar-refractivity contribution is 7.89. The van der Waals surface area contributed by atoms with E-state index in [2.05, 4.69) is 4.72 Å². The van der Waals surface area contributed by atoms with Crippen LogP contribution >= 0.6 is 11.6 Å². The smallest absolute Gasteiger partial charge is 0.240 e. The largest absolute Gasteiger partial charge is 0.387 e. The first-order chi connectivity index (χ1) is 12.7. The fourth-order valence-electron chi connectivity index (χ4n) is 2.78. The van der Waals surface area contributed by atoms with Gasteiger partial charge in [0.05, 0.1) is 17.0 Å². The van der Waals surface area contributed by atoms with Gasteiger partial charge >= 0.3 is 0 Å². The van der Waals surface area contributed by atoms with Crippen molar-refractivity contribution < 1.29 is 13.5 Å². The van der Waals surface area contributed by atoms with Crippen LogP contribution in [0.5, 0.6) is 0 Å². The molecule has 0 radical (unpaired) electrons. The van der Waals surface area contributed by atoms with Crippen molar-refractivity contribution in [3.05, 3.63) is 59.1 Å². The second-order valence-electron chi connectivity index (χ2n) is 6.92. The number of hydrogen-bond acceptors (Lipinski definition) is 4. The molecule has 2 N–H and O–H groups in total. The lowest BCUT2D eigenvalue weighted by Gasteiger charge is -2.29. The lowest BCUT2D eigenvalue weighted by Crippen LogP contribution is -2.43. The fraction of sp³-hybridized carbons (Fsp3) is 0.400. The van der Waals surface area contributed by atoms with E-state index >= 15 is 0 Å². The molecule has 148 valence electrons. The highest BCUT2D eigenvalue weighted by Gasteiger charge is 2.30. The van der Waals surface area contributed by atoms with Gasteiger partial charge in [0, 0.05) is 24.8 Å². The molecular formula is C20H27ClN2O3S. The molecule has 0 saturated carbocycles. The Morgan fingerprint density at radius 3 is 2.11 bits per heavy atom. The van der Waals surface area contributed by atoms with Crippen LogP contribution in [0.1, 0.15) is 31.9 Å². The van der Waals surface area contributed by atoms with Gasteiger partial charge in [0.25, 0.3) is 0 Å². The van der Waals surface area contributed by atoms with E-state index in [4.69, 9.17) is 11.6 Å². The third-order valence-corrected chi connectivity index (χ3v) is 6.49. The molecule has 5 nitrogen and oxygen atoms in total. The Balaban J connectivity index is 2.30. The van der Waals surface area contributed by atoms with Gasteiger partial charge in [0.15, 0.2) is 0 Å². The van der Waals surface area contributed by atoms with Crippen molar-refractivity contribution >= 4 is 27.3 Å². The van der Waals surface area contributed by atoms with Crippen LogP contribution in [0.4, 0.5) is 5.69 Å². The van der Waals surface area contributed by atoms with Crippen molar-refractivity contribution in [2.45, 2.75) is 37.3 Å². The van der Waals surface area contributed by atoms with Crippen molar-refractivity contribution in [3.8, 4) is 0 Å². The van der Waals surface area contributed by atoms with E-state index in [1.165, 1.54) is 24.3 Å². The molecule has 2 aromatic carbocycles. The molecule has 3 atom stereocenters. The number of nitrogens with zero attached hydrogens (tertiary/aromatic N) is 1. The molecule has 7 heteroatoms. The Kier molecular flexibility index (Phi) is 7.28. The summed E-state index contributed by atoms with van der Waals surface area (Å²) in [6.45, 7) is 3.89. The van der Waals surface area contributed by atoms with Crippen molar-refractivity contribution in [3.63, 3.8) is 0 Å². The third kappa shape index (κ3) is 5.45. The van der Waals surface area contributed by atoms with Gasteiger partial charge in [0.1, 0.15) is 0 Å². The number of hydrogen-bond donors (Lipinski definition) is 2. The second kappa shape index (κ2) is 9.06. The predicted molar refractivity (Wildman–Crippen MR) is 111 cm³/mol. The summed E-state index contributed by atoms with van der Waals surface area (Å²) in [5.41, 5.74) is 1.68. The molecule has 2 aromatic rings. The molecule has 27 heavy (non-hydrogen) atoms. The Morgan fingerprint density at radius 2 is 1.63 bits per heavy atom. The number of rotatable bonds is 8. The monoisotopic (exact) mass is 410 g/mol. The molecule has 0 saturated heterocycles. The fourth-order valence-corrected chi connectivity index (χ4v) is 4.26. The van der Waals surface area contributed by atoms with Crippen LogP contribution in [0.2, 0.25) is 5.02 Å². The lowest BCUT2D eigenvalue weighted by molar-refractivity contribution is 0.112. The maximum Gasteiger partial charge on any atom is 0.240 e. The van der Waals surface area contributed by atoms with Crippen LogP contribution in [0.3, 0.4) is 0 Å². The van der Waals surface area contributed by atoms with Gasteiger partial charge in [-0.15, -0.1) is 0 Å². The van der Waals surface area contributed by atoms with Gasteiger partial charge in [-0.2, -0.15) is 0 Å². The van der Waals surface area contributed by atoms with E-state index in [0.29, 0.717) is 10.6 Å². The van der Waals surface area contributed by atoms with Crippen LogP contribution in [0.15, 0.2) is 53.4 Å². The Morgan fingerprint density at radius 1 is 1.07 bits per heavy atom. The lowest BCUT2D eigenvalue weighted by atomic mass is 9.91. The molecular weight excluding hydrogens is 384 g/mol. The molecule has 0 aromatic heterocycles. The minimum absolute atomic E-state index is 0.0596. The minimum Gasteiger partial charge on any atom is -0.387 e. The molecule has 3 unspecified atom stereocenters. The number of benzene rings is 2. The van der Waals surface area contributed by atoms with E-state index in [0.717, 1.165) is 12.1 Å². The Labute approximate surface area is 167 Å². The Hall–Kier alpha value is -1.60. The van der Waals surface area contributed by atoms with Gasteiger partial charge in [-0.3, -0.25) is 0 Å². The van der Waals surface area contributed by atoms with E-state index < -0.39 is 22.2 Å². The summed E-state index contributed by atoms with van der Waals surface area (Å²) in [7, 11) is 0.0934. The Bertz CT molecular complexity index is 837. The van der Waals surface area contributed by atoms with Crippen LogP contribution in [-0.4, -0.2) is 33.7 Å². The third-order valence-electron chi connectivity index (χ3n) is 4.76. The maximum absolute atomic E-state index is 12.8. The van der Waals surface area contributed by atoms with Gasteiger partial charge in [-0.1, -0.05) is 44.0 Å². The van der Waals surface area contributed by atoms with Crippen molar-refractivity contribution in [1.82, 2.24) is 4.72 Å². The summed E-state index contributed by atoms with van der Waals surface area (Å²) in [5.74, 6) is -0.0596. The average Bonchev–Trinajstić information content (AvgIpc) is 2.65. The van der Waals surface area contributed by atoms with Gasteiger partial charge in [-0.05, 0) is 47.9 Å². The molecule has 0 fully saturated rings. The standard InChI is InChI=1S/C20H27ClN2O3S/c1-5-14(2)19(20(24)15-6-10-17(11-7-15)23(3)4)22-27(25,26)18-12-8-16(21)9-13-18/h6-14,19-20,22,24H,5H2,1-4H3. The summed E-state index contributed by atoms with van der Waals surface area (Å²) >= 11 is 5.85. The van der Waals surface area contributed by atoms with Gasteiger partial charge < -0.3 is 10.0 Å². The molecule has 0 bridgehead atoms. The summed E-state index contributed by atoms with van der Waals surface area (Å²) in [6, 6.07) is 12.8. The van der Waals surface area contributed by atoms with Gasteiger partial charge in [-0.25, -0.2) is 13.1 Å². The molecule has 0 amide bonds. The number of aliphatic hydroxyl groups is 1. The first-order valence-electron chi connectivity index (χ1n) is 8.89. The predicted octanol–water partition coefficient (Wildman–Crippen LogP) is 3.83. The zero-order valence-electron chi connectivity index (χ0n) is 16.1. The summed E-state index contributed by atoms with van der Waals surface area (Å²) in [6.07, 6.45) is -0.237. The summed E-state index contributed by atoms with van der Waals surface area (Å²) in [5, 5.41) is 11.4. The minimum atomic E-state index is -3.78. The molecule has 0 heterocycles. The maximum atomic E-state index is 12.8. The van der Waals surface area contributed by atoms with Crippen molar-refractivity contribution in [2.24, 2.45) is 5.92 Å². The van der Waals surface area contributed by atoms with E-state index in [1.807, 2.05) is 57.1 Å². The SMILES string of the molecule is CCC(C)C(NS(=O)(=O)c1ccc(Cl)cc1)C(O)c1ccc(N(C)C)cc1. The highest BCUT2D eigenvalue weighted by Crippen LogP contribution is 2.27. The number of anilines is 1. The van der Waals surface area contributed by atoms with Crippen LogP contribution in [0, 0.1) is 5.92 Å². The average molecular weight is 411 g/mol. The first-order valence-corrected chi connectivity index (χ1v) is 10.7. The van der Waals surface area contributed by atoms with E-state index in [1.54, 1.807) is 0 Å². The molecule has 2 rings (SSSR count). The van der Waals surface area contributed by atoms with Crippen LogP contribution in [-0.2, 0) is 10.0 Å². The quantitative estimate of drug-likeness (QED) is 0.693. The second-order valence-corrected chi connectivity index (χ2v) is 9.07. The zero-order chi connectivity index (χ0) is 20.2. The van der Waals surface area contributed by atoms with E-state index in [9.17, 15) is 13.5 Å². The number of halogens is 1. The number of sulfonamides is 1. The van der Waals surface area contributed by atoms with Crippen molar-refractivity contribution in [2.75, 3.05) is 19.0 Å². The van der Waals surface area contributed by atoms with Crippen molar-refractivity contribution in [1.29, 1.82) is 0 Å².